The summed E-state index contributed by atoms with van der Waals surface area (Å²) in [4.78, 5) is 0. The molecule has 2 aromatic carbocycles. The smallest absolute Gasteiger partial charge is 0.0704 e. The summed E-state index contributed by atoms with van der Waals surface area (Å²) in [6.07, 6.45) is 6.53. The monoisotopic (exact) mass is 275 g/mol. The molecular formula is C20H21N. The average molecular weight is 275 g/mol. The van der Waals surface area contributed by atoms with E-state index in [4.69, 9.17) is 0 Å². The Labute approximate surface area is 127 Å². The Morgan fingerprint density at radius 2 is 1.62 bits per heavy atom. The maximum atomic E-state index is 3.45. The minimum atomic E-state index is 0.243. The maximum Gasteiger partial charge on any atom is 0.0704 e. The predicted molar refractivity (Wildman–Crippen MR) is 90.1 cm³/mol. The Morgan fingerprint density at radius 1 is 0.905 bits per heavy atom. The molecular weight excluding hydrogens is 254 g/mol. The molecule has 1 heteroatoms. The quantitative estimate of drug-likeness (QED) is 0.826. The predicted octanol–water partition coefficient (Wildman–Crippen LogP) is 4.85. The average Bonchev–Trinajstić information content (AvgIpc) is 2.47. The lowest BCUT2D eigenvalue weighted by Gasteiger charge is -2.21. The highest BCUT2D eigenvalue weighted by Gasteiger charge is 2.14. The van der Waals surface area contributed by atoms with Crippen LogP contribution < -0.4 is 5.32 Å². The van der Waals surface area contributed by atoms with Crippen molar-refractivity contribution in [3.63, 3.8) is 0 Å². The topological polar surface area (TPSA) is 12.0 Å². The van der Waals surface area contributed by atoms with Gasteiger partial charge in [0.2, 0.25) is 0 Å². The number of dihydropyridines is 1. The highest BCUT2D eigenvalue weighted by Crippen LogP contribution is 2.28. The highest BCUT2D eigenvalue weighted by molar-refractivity contribution is 5.76. The van der Waals surface area contributed by atoms with Gasteiger partial charge in [-0.05, 0) is 61.4 Å². The van der Waals surface area contributed by atoms with Crippen LogP contribution in [0.15, 0.2) is 60.8 Å². The first kappa shape index (κ1) is 13.7. The van der Waals surface area contributed by atoms with Gasteiger partial charge in [-0.2, -0.15) is 0 Å². The third-order valence-corrected chi connectivity index (χ3v) is 3.96. The van der Waals surface area contributed by atoms with Gasteiger partial charge in [0, 0.05) is 0 Å². The van der Waals surface area contributed by atoms with Crippen LogP contribution in [0.1, 0.15) is 33.9 Å². The van der Waals surface area contributed by atoms with Gasteiger partial charge in [0.1, 0.15) is 0 Å². The lowest BCUT2D eigenvalue weighted by Crippen LogP contribution is -2.17. The second-order valence-electron chi connectivity index (χ2n) is 5.83. The normalized spacial score (nSPS) is 17.3. The number of aryl methyl sites for hydroxylation is 3. The third-order valence-electron chi connectivity index (χ3n) is 3.96. The molecule has 0 saturated heterocycles. The van der Waals surface area contributed by atoms with Crippen molar-refractivity contribution < 1.29 is 0 Å². The standard InChI is InChI=1S/C20H21N/c1-14-10-15(2)12-18(11-14)17-8-9-21-20(13-17)19-7-5-4-6-16(19)3/h4-13,20-21H,1-3H3. The molecule has 1 aliphatic rings. The van der Waals surface area contributed by atoms with Crippen LogP contribution in [0.25, 0.3) is 5.57 Å². The molecule has 0 radical (unpaired) electrons. The third kappa shape index (κ3) is 2.92. The Bertz CT molecular complexity index is 702. The molecule has 1 atom stereocenters. The maximum absolute atomic E-state index is 3.45. The van der Waals surface area contributed by atoms with Gasteiger partial charge >= 0.3 is 0 Å². The first-order chi connectivity index (χ1) is 10.1. The van der Waals surface area contributed by atoms with E-state index in [1.54, 1.807) is 0 Å². The number of nitrogens with one attached hydrogen (secondary N) is 1. The van der Waals surface area contributed by atoms with Gasteiger partial charge in [0.15, 0.2) is 0 Å². The van der Waals surface area contributed by atoms with Crippen LogP contribution in [0.5, 0.6) is 0 Å². The van der Waals surface area contributed by atoms with Crippen molar-refractivity contribution in [2.24, 2.45) is 0 Å². The number of hydrogen-bond donors (Lipinski definition) is 1. The van der Waals surface area contributed by atoms with E-state index in [2.05, 4.69) is 86.9 Å². The molecule has 1 N–H and O–H groups in total. The molecule has 106 valence electrons. The van der Waals surface area contributed by atoms with Crippen LogP contribution in [-0.4, -0.2) is 0 Å². The fourth-order valence-corrected chi connectivity index (χ4v) is 2.97. The Kier molecular flexibility index (Phi) is 3.66. The van der Waals surface area contributed by atoms with E-state index in [1.807, 2.05) is 0 Å². The zero-order chi connectivity index (χ0) is 14.8. The van der Waals surface area contributed by atoms with Crippen molar-refractivity contribution in [2.45, 2.75) is 26.8 Å². The van der Waals surface area contributed by atoms with E-state index in [-0.39, 0.29) is 6.04 Å². The summed E-state index contributed by atoms with van der Waals surface area (Å²) in [6, 6.07) is 15.5. The SMILES string of the molecule is Cc1cc(C)cc(C2=CC(c3ccccc3C)NC=C2)c1. The molecule has 3 rings (SSSR count). The summed E-state index contributed by atoms with van der Waals surface area (Å²) in [5.74, 6) is 0. The summed E-state index contributed by atoms with van der Waals surface area (Å²) in [6.45, 7) is 6.47. The molecule has 1 heterocycles. The summed E-state index contributed by atoms with van der Waals surface area (Å²) in [7, 11) is 0. The zero-order valence-electron chi connectivity index (χ0n) is 12.9. The first-order valence-electron chi connectivity index (χ1n) is 7.42. The Balaban J connectivity index is 2.00. The molecule has 0 aromatic heterocycles. The van der Waals surface area contributed by atoms with Crippen LogP contribution >= 0.6 is 0 Å². The van der Waals surface area contributed by atoms with Crippen molar-refractivity contribution >= 4 is 5.57 Å². The van der Waals surface area contributed by atoms with Gasteiger partial charge in [0.25, 0.3) is 0 Å². The lowest BCUT2D eigenvalue weighted by atomic mass is 9.93. The van der Waals surface area contributed by atoms with Gasteiger partial charge in [-0.1, -0.05) is 53.6 Å². The highest BCUT2D eigenvalue weighted by atomic mass is 14.9. The molecule has 0 amide bonds. The number of allylic oxidation sites excluding steroid dienone is 2. The Hall–Kier alpha value is -2.28. The van der Waals surface area contributed by atoms with Crippen LogP contribution in [0.4, 0.5) is 0 Å². The van der Waals surface area contributed by atoms with Crippen molar-refractivity contribution in [2.75, 3.05) is 0 Å². The molecule has 0 bridgehead atoms. The van der Waals surface area contributed by atoms with Crippen molar-refractivity contribution in [3.05, 3.63) is 88.6 Å². The molecule has 0 fully saturated rings. The van der Waals surface area contributed by atoms with Crippen LogP contribution in [0.2, 0.25) is 0 Å². The second kappa shape index (κ2) is 5.61. The van der Waals surface area contributed by atoms with E-state index in [1.165, 1.54) is 33.4 Å². The lowest BCUT2D eigenvalue weighted by molar-refractivity contribution is 0.744. The van der Waals surface area contributed by atoms with Crippen molar-refractivity contribution in [3.8, 4) is 0 Å². The number of benzene rings is 2. The summed E-state index contributed by atoms with van der Waals surface area (Å²) >= 11 is 0. The van der Waals surface area contributed by atoms with Crippen molar-refractivity contribution in [1.82, 2.24) is 5.32 Å². The fourth-order valence-electron chi connectivity index (χ4n) is 2.97. The van der Waals surface area contributed by atoms with Gasteiger partial charge in [-0.25, -0.2) is 0 Å². The van der Waals surface area contributed by atoms with E-state index < -0.39 is 0 Å². The van der Waals surface area contributed by atoms with Gasteiger partial charge < -0.3 is 5.32 Å². The van der Waals surface area contributed by atoms with E-state index >= 15 is 0 Å². The first-order valence-corrected chi connectivity index (χ1v) is 7.42. The molecule has 2 aromatic rings. The molecule has 1 aliphatic heterocycles. The fraction of sp³-hybridized carbons (Fsp3) is 0.200. The molecule has 0 saturated carbocycles. The molecule has 0 spiro atoms. The van der Waals surface area contributed by atoms with E-state index in [0.29, 0.717) is 0 Å². The van der Waals surface area contributed by atoms with E-state index in [0.717, 1.165) is 0 Å². The van der Waals surface area contributed by atoms with Crippen molar-refractivity contribution in [1.29, 1.82) is 0 Å². The largest absolute Gasteiger partial charge is 0.381 e. The van der Waals surface area contributed by atoms with Gasteiger partial charge in [-0.15, -0.1) is 0 Å². The van der Waals surface area contributed by atoms with Gasteiger partial charge in [0.05, 0.1) is 6.04 Å². The molecule has 0 aliphatic carbocycles. The van der Waals surface area contributed by atoms with Crippen LogP contribution in [0, 0.1) is 20.8 Å². The molecule has 1 nitrogen and oxygen atoms in total. The summed E-state index contributed by atoms with van der Waals surface area (Å²) in [5.41, 5.74) is 7.86. The minimum absolute atomic E-state index is 0.243. The minimum Gasteiger partial charge on any atom is -0.381 e. The molecule has 21 heavy (non-hydrogen) atoms. The van der Waals surface area contributed by atoms with Gasteiger partial charge in [-0.3, -0.25) is 0 Å². The Morgan fingerprint density at radius 3 is 2.33 bits per heavy atom. The van der Waals surface area contributed by atoms with Crippen LogP contribution in [-0.2, 0) is 0 Å². The molecule has 1 unspecified atom stereocenters. The summed E-state index contributed by atoms with van der Waals surface area (Å²) < 4.78 is 0. The summed E-state index contributed by atoms with van der Waals surface area (Å²) in [5, 5.41) is 3.45. The zero-order valence-corrected chi connectivity index (χ0v) is 12.9. The second-order valence-corrected chi connectivity index (χ2v) is 5.83. The van der Waals surface area contributed by atoms with Crippen LogP contribution in [0.3, 0.4) is 0 Å². The number of rotatable bonds is 2. The number of hydrogen-bond acceptors (Lipinski definition) is 1. The van der Waals surface area contributed by atoms with E-state index in [9.17, 15) is 0 Å².